The third-order valence-corrected chi connectivity index (χ3v) is 4.31. The van der Waals surface area contributed by atoms with Gasteiger partial charge < -0.3 is 5.32 Å². The maximum absolute atomic E-state index is 12.6. The average Bonchev–Trinajstić information content (AvgIpc) is 2.67. The fourth-order valence-electron chi connectivity index (χ4n) is 2.52. The molecule has 0 fully saturated rings. The molecule has 0 aliphatic heterocycles. The van der Waals surface area contributed by atoms with Gasteiger partial charge >= 0.3 is 6.03 Å². The highest BCUT2D eigenvalue weighted by atomic mass is 35.5. The summed E-state index contributed by atoms with van der Waals surface area (Å²) in [5, 5.41) is 19.4. The van der Waals surface area contributed by atoms with Gasteiger partial charge in [0.25, 0.3) is 5.56 Å². The first-order valence-electron chi connectivity index (χ1n) is 8.33. The molecule has 0 bridgehead atoms. The molecule has 1 aromatic heterocycles. The first-order valence-corrected chi connectivity index (χ1v) is 8.71. The Morgan fingerprint density at radius 1 is 1.07 bits per heavy atom. The van der Waals surface area contributed by atoms with Crippen molar-refractivity contribution in [2.45, 2.75) is 13.8 Å². The van der Waals surface area contributed by atoms with Gasteiger partial charge in [-0.1, -0.05) is 29.3 Å². The summed E-state index contributed by atoms with van der Waals surface area (Å²) in [6, 6.07) is 15.0. The van der Waals surface area contributed by atoms with Crippen LogP contribution in [0.4, 0.5) is 16.3 Å². The van der Waals surface area contributed by atoms with E-state index in [1.165, 1.54) is 0 Å². The summed E-state index contributed by atoms with van der Waals surface area (Å²) in [6.45, 7) is 3.50. The van der Waals surface area contributed by atoms with Crippen molar-refractivity contribution in [3.8, 4) is 11.8 Å². The van der Waals surface area contributed by atoms with Crippen molar-refractivity contribution in [2.24, 2.45) is 0 Å². The predicted octanol–water partition coefficient (Wildman–Crippen LogP) is 4.02. The molecule has 3 aromatic rings. The SMILES string of the molecule is Cc1ccc(NC(=O)Nc2nn(-c3ccc(Cl)cc3)c(=O)c(C#N)c2C)cc1. The van der Waals surface area contributed by atoms with E-state index in [4.69, 9.17) is 11.6 Å². The molecular formula is C20H16ClN5O2. The third-order valence-electron chi connectivity index (χ3n) is 4.06. The topological polar surface area (TPSA) is 99.8 Å². The lowest BCUT2D eigenvalue weighted by atomic mass is 10.2. The van der Waals surface area contributed by atoms with Gasteiger partial charge in [0, 0.05) is 16.3 Å². The molecule has 0 unspecified atom stereocenters. The molecule has 7 nitrogen and oxygen atoms in total. The zero-order valence-corrected chi connectivity index (χ0v) is 15.9. The molecule has 2 amide bonds. The van der Waals surface area contributed by atoms with Crippen LogP contribution in [0.15, 0.2) is 53.3 Å². The van der Waals surface area contributed by atoms with Gasteiger partial charge in [-0.25, -0.2) is 4.79 Å². The van der Waals surface area contributed by atoms with Crippen molar-refractivity contribution in [1.82, 2.24) is 9.78 Å². The number of nitrogens with zero attached hydrogens (tertiary/aromatic N) is 3. The number of aryl methyl sites for hydroxylation is 1. The number of nitrogens with one attached hydrogen (secondary N) is 2. The highest BCUT2D eigenvalue weighted by Crippen LogP contribution is 2.17. The molecule has 0 aliphatic rings. The van der Waals surface area contributed by atoms with Crippen LogP contribution in [0.3, 0.4) is 0 Å². The molecule has 1 heterocycles. The standard InChI is InChI=1S/C20H16ClN5O2/c1-12-3-7-15(8-4-12)23-20(28)24-18-13(2)17(11-22)19(27)26(25-18)16-9-5-14(21)6-10-16/h3-10H,1-2H3,(H2,23,24,25,28). The molecule has 140 valence electrons. The van der Waals surface area contributed by atoms with Crippen LogP contribution in [-0.4, -0.2) is 15.8 Å². The molecule has 0 atom stereocenters. The molecular weight excluding hydrogens is 378 g/mol. The van der Waals surface area contributed by atoms with Crippen LogP contribution in [-0.2, 0) is 0 Å². The van der Waals surface area contributed by atoms with Gasteiger partial charge in [0.05, 0.1) is 5.69 Å². The second kappa shape index (κ2) is 7.94. The van der Waals surface area contributed by atoms with Crippen LogP contribution in [0.1, 0.15) is 16.7 Å². The van der Waals surface area contributed by atoms with Crippen molar-refractivity contribution in [1.29, 1.82) is 5.26 Å². The van der Waals surface area contributed by atoms with E-state index in [0.29, 0.717) is 16.4 Å². The number of halogens is 1. The fraction of sp³-hybridized carbons (Fsp3) is 0.100. The van der Waals surface area contributed by atoms with Gasteiger partial charge in [0.2, 0.25) is 0 Å². The van der Waals surface area contributed by atoms with Gasteiger partial charge in [0.15, 0.2) is 5.82 Å². The number of nitriles is 1. The number of benzene rings is 2. The Morgan fingerprint density at radius 3 is 2.32 bits per heavy atom. The van der Waals surface area contributed by atoms with E-state index < -0.39 is 11.6 Å². The van der Waals surface area contributed by atoms with Crippen molar-refractivity contribution in [3.05, 3.63) is 80.6 Å². The van der Waals surface area contributed by atoms with Gasteiger partial charge in [-0.15, -0.1) is 5.10 Å². The number of rotatable bonds is 3. The monoisotopic (exact) mass is 393 g/mol. The Kier molecular flexibility index (Phi) is 5.43. The van der Waals surface area contributed by atoms with E-state index in [0.717, 1.165) is 10.2 Å². The van der Waals surface area contributed by atoms with E-state index in [2.05, 4.69) is 15.7 Å². The lowest BCUT2D eigenvalue weighted by molar-refractivity contribution is 0.262. The normalized spacial score (nSPS) is 10.2. The minimum atomic E-state index is -0.577. The molecule has 0 spiro atoms. The smallest absolute Gasteiger partial charge is 0.308 e. The highest BCUT2D eigenvalue weighted by Gasteiger charge is 2.17. The molecule has 0 saturated carbocycles. The van der Waals surface area contributed by atoms with Crippen molar-refractivity contribution >= 4 is 29.1 Å². The summed E-state index contributed by atoms with van der Waals surface area (Å²) in [6.07, 6.45) is 0. The molecule has 0 saturated heterocycles. The van der Waals surface area contributed by atoms with Crippen LogP contribution in [0.2, 0.25) is 5.02 Å². The summed E-state index contributed by atoms with van der Waals surface area (Å²) in [5.74, 6) is 0.107. The number of anilines is 2. The number of amides is 2. The Hall–Kier alpha value is -3.63. The van der Waals surface area contributed by atoms with Crippen molar-refractivity contribution in [2.75, 3.05) is 10.6 Å². The van der Waals surface area contributed by atoms with Crippen molar-refractivity contribution in [3.63, 3.8) is 0 Å². The second-order valence-corrected chi connectivity index (χ2v) is 6.54. The molecule has 0 aliphatic carbocycles. The van der Waals surface area contributed by atoms with Crippen LogP contribution >= 0.6 is 11.6 Å². The highest BCUT2D eigenvalue weighted by molar-refractivity contribution is 6.30. The maximum atomic E-state index is 12.6. The van der Waals surface area contributed by atoms with E-state index in [1.807, 2.05) is 25.1 Å². The van der Waals surface area contributed by atoms with E-state index in [9.17, 15) is 14.9 Å². The number of urea groups is 1. The van der Waals surface area contributed by atoms with Crippen LogP contribution in [0, 0.1) is 25.2 Å². The number of hydrogen-bond acceptors (Lipinski definition) is 4. The largest absolute Gasteiger partial charge is 0.324 e. The zero-order chi connectivity index (χ0) is 20.3. The van der Waals surface area contributed by atoms with E-state index in [1.54, 1.807) is 43.3 Å². The van der Waals surface area contributed by atoms with Gasteiger partial charge in [-0.2, -0.15) is 9.94 Å². The first kappa shape index (κ1) is 19.1. The number of carbonyl (C=O) groups is 1. The summed E-state index contributed by atoms with van der Waals surface area (Å²) in [7, 11) is 0. The van der Waals surface area contributed by atoms with E-state index in [-0.39, 0.29) is 16.9 Å². The molecule has 28 heavy (non-hydrogen) atoms. The van der Waals surface area contributed by atoms with Crippen LogP contribution in [0.5, 0.6) is 0 Å². The molecule has 2 N–H and O–H groups in total. The van der Waals surface area contributed by atoms with Gasteiger partial charge in [-0.3, -0.25) is 10.1 Å². The fourth-order valence-corrected chi connectivity index (χ4v) is 2.65. The first-order chi connectivity index (χ1) is 13.4. The Labute approximate surface area is 166 Å². The third kappa shape index (κ3) is 4.03. The van der Waals surface area contributed by atoms with Gasteiger partial charge in [-0.05, 0) is 50.2 Å². The predicted molar refractivity (Wildman–Crippen MR) is 108 cm³/mol. The molecule has 0 radical (unpaired) electrons. The Balaban J connectivity index is 1.96. The average molecular weight is 394 g/mol. The maximum Gasteiger partial charge on any atom is 0.324 e. The second-order valence-electron chi connectivity index (χ2n) is 6.10. The summed E-state index contributed by atoms with van der Waals surface area (Å²) >= 11 is 5.88. The number of aromatic nitrogens is 2. The van der Waals surface area contributed by atoms with Crippen LogP contribution < -0.4 is 16.2 Å². The number of carbonyl (C=O) groups excluding carboxylic acids is 1. The minimum Gasteiger partial charge on any atom is -0.308 e. The quantitative estimate of drug-likeness (QED) is 0.701. The lowest BCUT2D eigenvalue weighted by Gasteiger charge is -2.13. The summed E-state index contributed by atoms with van der Waals surface area (Å²) in [4.78, 5) is 24.9. The summed E-state index contributed by atoms with van der Waals surface area (Å²) in [5.41, 5.74) is 1.71. The van der Waals surface area contributed by atoms with Gasteiger partial charge in [0.1, 0.15) is 11.6 Å². The number of hydrogen-bond donors (Lipinski definition) is 2. The molecule has 8 heteroatoms. The minimum absolute atomic E-state index is 0.101. The van der Waals surface area contributed by atoms with E-state index >= 15 is 0 Å². The summed E-state index contributed by atoms with van der Waals surface area (Å²) < 4.78 is 1.06. The van der Waals surface area contributed by atoms with Crippen molar-refractivity contribution < 1.29 is 4.79 Å². The Bertz CT molecular complexity index is 1130. The molecule has 3 rings (SSSR count). The van der Waals surface area contributed by atoms with Crippen LogP contribution in [0.25, 0.3) is 5.69 Å². The Morgan fingerprint density at radius 2 is 1.71 bits per heavy atom. The molecule has 2 aromatic carbocycles. The lowest BCUT2D eigenvalue weighted by Crippen LogP contribution is -2.29. The zero-order valence-electron chi connectivity index (χ0n) is 15.2.